The maximum Gasteiger partial charge on any atom is 0.210 e. The first-order valence-electron chi connectivity index (χ1n) is 6.44. The van der Waals surface area contributed by atoms with Crippen LogP contribution in [0.4, 0.5) is 0 Å². The van der Waals surface area contributed by atoms with Gasteiger partial charge in [0.15, 0.2) is 0 Å². The number of hydrogen-bond donors (Lipinski definition) is 0. The van der Waals surface area contributed by atoms with E-state index in [1.165, 1.54) is 0 Å². The molecular weight excluding hydrogens is 260 g/mol. The SMILES string of the molecule is CCCCc1coc(C)c1S(=O)(=O)c1ccccc1. The van der Waals surface area contributed by atoms with Crippen molar-refractivity contribution in [3.63, 3.8) is 0 Å². The molecule has 0 saturated heterocycles. The van der Waals surface area contributed by atoms with Crippen LogP contribution < -0.4 is 0 Å². The first-order valence-corrected chi connectivity index (χ1v) is 7.92. The summed E-state index contributed by atoms with van der Waals surface area (Å²) in [5.41, 5.74) is 0.781. The summed E-state index contributed by atoms with van der Waals surface area (Å²) in [6, 6.07) is 8.50. The molecule has 0 aliphatic rings. The average Bonchev–Trinajstić information content (AvgIpc) is 2.79. The van der Waals surface area contributed by atoms with Gasteiger partial charge in [0.25, 0.3) is 0 Å². The molecule has 19 heavy (non-hydrogen) atoms. The third-order valence-corrected chi connectivity index (χ3v) is 5.09. The minimum Gasteiger partial charge on any atom is -0.468 e. The highest BCUT2D eigenvalue weighted by atomic mass is 32.2. The van der Waals surface area contributed by atoms with E-state index >= 15 is 0 Å². The number of sulfone groups is 1. The van der Waals surface area contributed by atoms with Gasteiger partial charge in [0.05, 0.1) is 11.2 Å². The largest absolute Gasteiger partial charge is 0.468 e. The molecule has 4 heteroatoms. The number of unbranched alkanes of at least 4 members (excludes halogenated alkanes) is 1. The summed E-state index contributed by atoms with van der Waals surface area (Å²) in [5, 5.41) is 0. The smallest absolute Gasteiger partial charge is 0.210 e. The molecule has 102 valence electrons. The van der Waals surface area contributed by atoms with E-state index in [0.717, 1.165) is 24.8 Å². The predicted octanol–water partition coefficient (Wildman–Crippen LogP) is 3.76. The molecular formula is C15H18O3S. The molecule has 3 nitrogen and oxygen atoms in total. The number of benzene rings is 1. The van der Waals surface area contributed by atoms with Gasteiger partial charge in [-0.2, -0.15) is 0 Å². The minimum atomic E-state index is -3.48. The molecule has 0 aliphatic carbocycles. The van der Waals surface area contributed by atoms with E-state index in [4.69, 9.17) is 4.42 Å². The molecule has 0 radical (unpaired) electrons. The summed E-state index contributed by atoms with van der Waals surface area (Å²) in [6.45, 7) is 3.78. The van der Waals surface area contributed by atoms with Crippen LogP contribution in [0.2, 0.25) is 0 Å². The molecule has 0 bridgehead atoms. The number of aryl methyl sites for hydroxylation is 2. The van der Waals surface area contributed by atoms with Crippen molar-refractivity contribution in [2.45, 2.75) is 42.9 Å². The van der Waals surface area contributed by atoms with Gasteiger partial charge in [0.2, 0.25) is 9.84 Å². The molecule has 0 aliphatic heterocycles. The lowest BCUT2D eigenvalue weighted by Gasteiger charge is -2.06. The predicted molar refractivity (Wildman–Crippen MR) is 74.0 cm³/mol. The van der Waals surface area contributed by atoms with E-state index in [2.05, 4.69) is 6.92 Å². The molecule has 0 fully saturated rings. The summed E-state index contributed by atoms with van der Waals surface area (Å²) < 4.78 is 30.6. The van der Waals surface area contributed by atoms with Crippen LogP contribution in [0.25, 0.3) is 0 Å². The highest BCUT2D eigenvalue weighted by Crippen LogP contribution is 2.29. The summed E-state index contributed by atoms with van der Waals surface area (Å²) in [4.78, 5) is 0.657. The van der Waals surface area contributed by atoms with Crippen LogP contribution in [0.5, 0.6) is 0 Å². The molecule has 0 spiro atoms. The monoisotopic (exact) mass is 278 g/mol. The lowest BCUT2D eigenvalue weighted by Crippen LogP contribution is -2.05. The van der Waals surface area contributed by atoms with Crippen LogP contribution in [-0.2, 0) is 16.3 Å². The van der Waals surface area contributed by atoms with Gasteiger partial charge in [-0.3, -0.25) is 0 Å². The van der Waals surface area contributed by atoms with Gasteiger partial charge in [-0.15, -0.1) is 0 Å². The average molecular weight is 278 g/mol. The summed E-state index contributed by atoms with van der Waals surface area (Å²) in [5.74, 6) is 0.468. The molecule has 2 aromatic rings. The Hall–Kier alpha value is -1.55. The topological polar surface area (TPSA) is 47.3 Å². The van der Waals surface area contributed by atoms with Gasteiger partial charge in [0.1, 0.15) is 10.7 Å². The molecule has 2 rings (SSSR count). The van der Waals surface area contributed by atoms with E-state index in [0.29, 0.717) is 15.6 Å². The van der Waals surface area contributed by atoms with Crippen LogP contribution in [0, 0.1) is 6.92 Å². The fourth-order valence-electron chi connectivity index (χ4n) is 2.11. The first-order chi connectivity index (χ1) is 9.07. The van der Waals surface area contributed by atoms with Crippen LogP contribution in [0.3, 0.4) is 0 Å². The normalized spacial score (nSPS) is 11.7. The van der Waals surface area contributed by atoms with Gasteiger partial charge >= 0.3 is 0 Å². The van der Waals surface area contributed by atoms with Crippen molar-refractivity contribution in [2.75, 3.05) is 0 Å². The molecule has 0 unspecified atom stereocenters. The van der Waals surface area contributed by atoms with Gasteiger partial charge < -0.3 is 4.42 Å². The minimum absolute atomic E-state index is 0.317. The van der Waals surface area contributed by atoms with Crippen LogP contribution in [0.1, 0.15) is 31.1 Å². The molecule has 1 aromatic heterocycles. The Balaban J connectivity index is 2.49. The Morgan fingerprint density at radius 3 is 2.47 bits per heavy atom. The highest BCUT2D eigenvalue weighted by Gasteiger charge is 2.25. The van der Waals surface area contributed by atoms with E-state index in [-0.39, 0.29) is 0 Å². The van der Waals surface area contributed by atoms with E-state index in [1.807, 2.05) is 0 Å². The van der Waals surface area contributed by atoms with Crippen molar-refractivity contribution in [2.24, 2.45) is 0 Å². The Kier molecular flexibility index (Phi) is 4.10. The van der Waals surface area contributed by atoms with Crippen LogP contribution in [-0.4, -0.2) is 8.42 Å². The van der Waals surface area contributed by atoms with E-state index in [1.54, 1.807) is 43.5 Å². The molecule has 0 atom stereocenters. The molecule has 0 N–H and O–H groups in total. The van der Waals surface area contributed by atoms with Gasteiger partial charge in [-0.1, -0.05) is 31.5 Å². The van der Waals surface area contributed by atoms with Crippen molar-refractivity contribution in [3.05, 3.63) is 47.9 Å². The lowest BCUT2D eigenvalue weighted by molar-refractivity contribution is 0.521. The second kappa shape index (κ2) is 5.61. The second-order valence-electron chi connectivity index (χ2n) is 4.57. The van der Waals surface area contributed by atoms with E-state index in [9.17, 15) is 8.42 Å². The summed E-state index contributed by atoms with van der Waals surface area (Å²) in [6.07, 6.45) is 4.28. The third-order valence-electron chi connectivity index (χ3n) is 3.11. The van der Waals surface area contributed by atoms with Crippen molar-refractivity contribution in [1.82, 2.24) is 0 Å². The first kappa shape index (κ1) is 13.9. The van der Waals surface area contributed by atoms with Crippen molar-refractivity contribution in [3.8, 4) is 0 Å². The third kappa shape index (κ3) is 2.73. The summed E-state index contributed by atoms with van der Waals surface area (Å²) in [7, 11) is -3.48. The molecule has 1 aromatic carbocycles. The number of furan rings is 1. The Labute approximate surface area is 114 Å². The fourth-order valence-corrected chi connectivity index (χ4v) is 3.78. The lowest BCUT2D eigenvalue weighted by atomic mass is 10.1. The van der Waals surface area contributed by atoms with Gasteiger partial charge in [0, 0.05) is 5.56 Å². The van der Waals surface area contributed by atoms with Gasteiger partial charge in [-0.05, 0) is 31.9 Å². The zero-order valence-corrected chi connectivity index (χ0v) is 12.0. The standard InChI is InChI=1S/C15H18O3S/c1-3-4-8-13-11-18-12(2)15(13)19(16,17)14-9-6-5-7-10-14/h5-7,9-11H,3-4,8H2,1-2H3. The maximum atomic E-state index is 12.6. The zero-order chi connectivity index (χ0) is 13.9. The number of rotatable bonds is 5. The number of hydrogen-bond acceptors (Lipinski definition) is 3. The molecule has 1 heterocycles. The van der Waals surface area contributed by atoms with Gasteiger partial charge in [-0.25, -0.2) is 8.42 Å². The van der Waals surface area contributed by atoms with E-state index < -0.39 is 9.84 Å². The quantitative estimate of drug-likeness (QED) is 0.836. The Morgan fingerprint density at radius 1 is 1.16 bits per heavy atom. The fraction of sp³-hybridized carbons (Fsp3) is 0.333. The maximum absolute atomic E-state index is 12.6. The van der Waals surface area contributed by atoms with Crippen LogP contribution >= 0.6 is 0 Å². The molecule has 0 saturated carbocycles. The summed E-state index contributed by atoms with van der Waals surface area (Å²) >= 11 is 0. The Morgan fingerprint density at radius 2 is 1.84 bits per heavy atom. The highest BCUT2D eigenvalue weighted by molar-refractivity contribution is 7.91. The van der Waals surface area contributed by atoms with Crippen molar-refractivity contribution >= 4 is 9.84 Å². The van der Waals surface area contributed by atoms with Crippen molar-refractivity contribution in [1.29, 1.82) is 0 Å². The zero-order valence-electron chi connectivity index (χ0n) is 11.2. The molecule has 0 amide bonds. The van der Waals surface area contributed by atoms with Crippen molar-refractivity contribution < 1.29 is 12.8 Å². The second-order valence-corrected chi connectivity index (χ2v) is 6.45. The Bertz CT molecular complexity index is 639. The van der Waals surface area contributed by atoms with Crippen LogP contribution in [0.15, 0.2) is 50.8 Å².